The number of nitrogens with zero attached hydrogens (tertiary/aromatic N) is 1. The van der Waals surface area contributed by atoms with Gasteiger partial charge < -0.3 is 5.73 Å². The molecule has 0 atom stereocenters. The normalized spacial score (nSPS) is 9.09. The van der Waals surface area contributed by atoms with Crippen molar-refractivity contribution in [1.82, 2.24) is 0 Å². The molecular weight excluding hydrogens is 136 g/mol. The molecule has 2 N–H and O–H groups in total. The second-order valence-corrected chi connectivity index (χ2v) is 2.35. The van der Waals surface area contributed by atoms with E-state index < -0.39 is 0 Å². The number of hydrogen-bond donors (Lipinski definition) is 1. The van der Waals surface area contributed by atoms with Gasteiger partial charge >= 0.3 is 0 Å². The molecule has 0 unspecified atom stereocenters. The van der Waals surface area contributed by atoms with Gasteiger partial charge in [-0.3, -0.25) is 0 Å². The quantitative estimate of drug-likeness (QED) is 0.478. The maximum atomic E-state index is 6.84. The second kappa shape index (κ2) is 3.07. The Bertz CT molecular complexity index is 297. The lowest BCUT2D eigenvalue weighted by Crippen LogP contribution is -1.86. The smallest absolute Gasteiger partial charge is 0.190 e. The van der Waals surface area contributed by atoms with Crippen molar-refractivity contribution in [2.45, 2.75) is 13.3 Å². The lowest BCUT2D eigenvalue weighted by molar-refractivity contribution is 1.15. The average Bonchev–Trinajstić information content (AvgIpc) is 2.04. The molecule has 0 aliphatic rings. The standard InChI is InChI=1S/C9H10N2/c1-3-7-6-8(10)4-5-9(7)11-2/h4-6H,3,10H2,1H3. The number of aryl methyl sites for hydroxylation is 1. The van der Waals surface area contributed by atoms with Crippen LogP contribution in [0.2, 0.25) is 0 Å². The van der Waals surface area contributed by atoms with Gasteiger partial charge in [-0.25, -0.2) is 4.85 Å². The number of anilines is 1. The molecule has 0 bridgehead atoms. The van der Waals surface area contributed by atoms with Crippen LogP contribution in [0.1, 0.15) is 12.5 Å². The maximum absolute atomic E-state index is 6.84. The topological polar surface area (TPSA) is 30.4 Å². The fraction of sp³-hybridized carbons (Fsp3) is 0.222. The molecule has 0 aliphatic heterocycles. The highest BCUT2D eigenvalue weighted by atomic mass is 14.7. The van der Waals surface area contributed by atoms with Crippen molar-refractivity contribution in [3.05, 3.63) is 35.2 Å². The van der Waals surface area contributed by atoms with E-state index in [9.17, 15) is 0 Å². The zero-order valence-electron chi connectivity index (χ0n) is 6.46. The molecule has 2 heteroatoms. The van der Waals surface area contributed by atoms with Crippen LogP contribution in [-0.4, -0.2) is 0 Å². The summed E-state index contributed by atoms with van der Waals surface area (Å²) >= 11 is 0. The molecule has 0 aromatic heterocycles. The van der Waals surface area contributed by atoms with Crippen molar-refractivity contribution in [3.63, 3.8) is 0 Å². The number of hydrogen-bond acceptors (Lipinski definition) is 1. The largest absolute Gasteiger partial charge is 0.399 e. The lowest BCUT2D eigenvalue weighted by atomic mass is 10.1. The van der Waals surface area contributed by atoms with Gasteiger partial charge in [0.2, 0.25) is 0 Å². The molecular formula is C9H10N2. The molecule has 0 saturated carbocycles. The van der Waals surface area contributed by atoms with Gasteiger partial charge in [0.25, 0.3) is 0 Å². The molecule has 11 heavy (non-hydrogen) atoms. The summed E-state index contributed by atoms with van der Waals surface area (Å²) in [7, 11) is 0. The van der Waals surface area contributed by atoms with Crippen LogP contribution >= 0.6 is 0 Å². The summed E-state index contributed by atoms with van der Waals surface area (Å²) in [6, 6.07) is 5.38. The summed E-state index contributed by atoms with van der Waals surface area (Å²) in [4.78, 5) is 3.38. The Balaban J connectivity index is 3.19. The lowest BCUT2D eigenvalue weighted by Gasteiger charge is -2.00. The molecule has 0 fully saturated rings. The third-order valence-electron chi connectivity index (χ3n) is 1.60. The van der Waals surface area contributed by atoms with Gasteiger partial charge in [0.05, 0.1) is 6.57 Å². The van der Waals surface area contributed by atoms with Gasteiger partial charge in [-0.05, 0) is 24.1 Å². The van der Waals surface area contributed by atoms with E-state index in [-0.39, 0.29) is 0 Å². The SMILES string of the molecule is [C-]#[N+]c1ccc(N)cc1CC. The molecule has 0 amide bonds. The molecule has 1 aromatic carbocycles. The Morgan fingerprint density at radius 3 is 2.82 bits per heavy atom. The minimum Gasteiger partial charge on any atom is -0.399 e. The predicted molar refractivity (Wildman–Crippen MR) is 46.5 cm³/mol. The predicted octanol–water partition coefficient (Wildman–Crippen LogP) is 2.38. The monoisotopic (exact) mass is 146 g/mol. The van der Waals surface area contributed by atoms with Gasteiger partial charge in [0.15, 0.2) is 5.69 Å². The molecule has 1 rings (SSSR count). The van der Waals surface area contributed by atoms with E-state index in [1.807, 2.05) is 13.0 Å². The fourth-order valence-electron chi connectivity index (χ4n) is 0.998. The van der Waals surface area contributed by atoms with E-state index in [1.165, 1.54) is 0 Å². The third kappa shape index (κ3) is 1.50. The average molecular weight is 146 g/mol. The van der Waals surface area contributed by atoms with Crippen LogP contribution in [0.5, 0.6) is 0 Å². The minimum atomic E-state index is 0.710. The Morgan fingerprint density at radius 2 is 2.27 bits per heavy atom. The molecule has 1 aromatic rings. The molecule has 0 aliphatic carbocycles. The zero-order chi connectivity index (χ0) is 8.27. The Kier molecular flexibility index (Phi) is 2.12. The Morgan fingerprint density at radius 1 is 1.55 bits per heavy atom. The first kappa shape index (κ1) is 7.62. The Hall–Kier alpha value is -1.49. The van der Waals surface area contributed by atoms with E-state index in [4.69, 9.17) is 12.3 Å². The van der Waals surface area contributed by atoms with E-state index in [2.05, 4.69) is 4.85 Å². The van der Waals surface area contributed by atoms with E-state index in [0.29, 0.717) is 5.69 Å². The van der Waals surface area contributed by atoms with Crippen LogP contribution in [0.4, 0.5) is 11.4 Å². The third-order valence-corrected chi connectivity index (χ3v) is 1.60. The van der Waals surface area contributed by atoms with Crippen LogP contribution in [0.25, 0.3) is 4.85 Å². The summed E-state index contributed by atoms with van der Waals surface area (Å²) in [6.07, 6.45) is 0.864. The van der Waals surface area contributed by atoms with Crippen LogP contribution in [0.15, 0.2) is 18.2 Å². The highest BCUT2D eigenvalue weighted by molar-refractivity contribution is 5.58. The van der Waals surface area contributed by atoms with E-state index in [1.54, 1.807) is 12.1 Å². The van der Waals surface area contributed by atoms with Crippen molar-refractivity contribution in [2.24, 2.45) is 0 Å². The first-order valence-electron chi connectivity index (χ1n) is 3.53. The molecule has 0 saturated heterocycles. The minimum absolute atomic E-state index is 0.710. The zero-order valence-corrected chi connectivity index (χ0v) is 6.46. The summed E-state index contributed by atoms with van der Waals surface area (Å²) in [6.45, 7) is 8.86. The van der Waals surface area contributed by atoms with Gasteiger partial charge in [-0.1, -0.05) is 13.0 Å². The molecule has 0 spiro atoms. The Labute approximate surface area is 66.5 Å². The molecule has 0 radical (unpaired) electrons. The van der Waals surface area contributed by atoms with Crippen LogP contribution < -0.4 is 5.73 Å². The molecule has 2 nitrogen and oxygen atoms in total. The first-order chi connectivity index (χ1) is 5.27. The number of nitrogen functional groups attached to an aromatic ring is 1. The second-order valence-electron chi connectivity index (χ2n) is 2.35. The van der Waals surface area contributed by atoms with Crippen molar-refractivity contribution < 1.29 is 0 Å². The van der Waals surface area contributed by atoms with Crippen LogP contribution in [0.3, 0.4) is 0 Å². The molecule has 56 valence electrons. The van der Waals surface area contributed by atoms with Crippen LogP contribution in [-0.2, 0) is 6.42 Å². The number of rotatable bonds is 1. The summed E-state index contributed by atoms with van der Waals surface area (Å²) in [5.41, 5.74) is 8.02. The van der Waals surface area contributed by atoms with Crippen LogP contribution in [0, 0.1) is 6.57 Å². The highest BCUT2D eigenvalue weighted by Crippen LogP contribution is 2.21. The van der Waals surface area contributed by atoms with Gasteiger partial charge in [-0.2, -0.15) is 0 Å². The fourth-order valence-corrected chi connectivity index (χ4v) is 0.998. The summed E-state index contributed by atoms with van der Waals surface area (Å²) in [5.74, 6) is 0. The number of nitrogens with two attached hydrogens (primary N) is 1. The van der Waals surface area contributed by atoms with Crippen molar-refractivity contribution in [3.8, 4) is 0 Å². The van der Waals surface area contributed by atoms with Gasteiger partial charge in [-0.15, -0.1) is 0 Å². The maximum Gasteiger partial charge on any atom is 0.190 e. The van der Waals surface area contributed by atoms with Crippen molar-refractivity contribution >= 4 is 11.4 Å². The number of benzene rings is 1. The van der Waals surface area contributed by atoms with E-state index in [0.717, 1.165) is 17.7 Å². The first-order valence-corrected chi connectivity index (χ1v) is 3.53. The van der Waals surface area contributed by atoms with Gasteiger partial charge in [0, 0.05) is 5.69 Å². The van der Waals surface area contributed by atoms with E-state index >= 15 is 0 Å². The van der Waals surface area contributed by atoms with Crippen molar-refractivity contribution in [2.75, 3.05) is 5.73 Å². The summed E-state index contributed by atoms with van der Waals surface area (Å²) < 4.78 is 0. The van der Waals surface area contributed by atoms with Crippen molar-refractivity contribution in [1.29, 1.82) is 0 Å². The molecule has 0 heterocycles. The highest BCUT2D eigenvalue weighted by Gasteiger charge is 1.98. The van der Waals surface area contributed by atoms with Gasteiger partial charge in [0.1, 0.15) is 0 Å². The summed E-state index contributed by atoms with van der Waals surface area (Å²) in [5, 5.41) is 0.